The number of hydrogen-bond acceptors (Lipinski definition) is 6. The fraction of sp³-hybridized carbons (Fsp3) is 0.222. The summed E-state index contributed by atoms with van der Waals surface area (Å²) in [4.78, 5) is 11.4. The van der Waals surface area contributed by atoms with Crippen LogP contribution in [-0.2, 0) is 10.1 Å². The molecule has 0 radical (unpaired) electrons. The third-order valence-electron chi connectivity index (χ3n) is 3.43. The monoisotopic (exact) mass is 428 g/mol. The van der Waals surface area contributed by atoms with Crippen LogP contribution in [0.3, 0.4) is 0 Å². The standard InChI is InChI=1S/C18H15F3N2O5S/c1-2-27-16-9-12(10-22)3-8-15(16)28-29(25,26)14-6-4-13(5-7-14)17(24)23-11-18(19,20)21/h3-9H,2,11H2,1H3,(H,23,24). The van der Waals surface area contributed by atoms with Crippen molar-refractivity contribution in [3.63, 3.8) is 0 Å². The molecule has 154 valence electrons. The highest BCUT2D eigenvalue weighted by Gasteiger charge is 2.28. The van der Waals surface area contributed by atoms with E-state index in [2.05, 4.69) is 0 Å². The van der Waals surface area contributed by atoms with Gasteiger partial charge in [-0.05, 0) is 43.3 Å². The molecule has 0 aromatic heterocycles. The summed E-state index contributed by atoms with van der Waals surface area (Å²) in [5.74, 6) is -1.09. The van der Waals surface area contributed by atoms with Crippen molar-refractivity contribution in [2.75, 3.05) is 13.2 Å². The van der Waals surface area contributed by atoms with Gasteiger partial charge in [0.15, 0.2) is 11.5 Å². The summed E-state index contributed by atoms with van der Waals surface area (Å²) >= 11 is 0. The minimum atomic E-state index is -4.56. The summed E-state index contributed by atoms with van der Waals surface area (Å²) in [6.45, 7) is 0.362. The molecule has 0 saturated heterocycles. The SMILES string of the molecule is CCOc1cc(C#N)ccc1OS(=O)(=O)c1ccc(C(=O)NCC(F)(F)F)cc1. The van der Waals surface area contributed by atoms with Crippen LogP contribution in [0.4, 0.5) is 13.2 Å². The molecule has 2 aromatic carbocycles. The maximum Gasteiger partial charge on any atom is 0.405 e. The molecule has 0 aliphatic rings. The molecule has 1 amide bonds. The maximum atomic E-state index is 12.5. The Kier molecular flexibility index (Phi) is 6.71. The van der Waals surface area contributed by atoms with E-state index in [1.54, 1.807) is 12.2 Å². The van der Waals surface area contributed by atoms with Crippen LogP contribution < -0.4 is 14.2 Å². The first-order valence-corrected chi connectivity index (χ1v) is 9.53. The van der Waals surface area contributed by atoms with E-state index in [1.165, 1.54) is 18.2 Å². The summed E-state index contributed by atoms with van der Waals surface area (Å²) in [6, 6.07) is 10.0. The maximum absolute atomic E-state index is 12.5. The van der Waals surface area contributed by atoms with Gasteiger partial charge in [-0.3, -0.25) is 4.79 Å². The van der Waals surface area contributed by atoms with Crippen LogP contribution in [0.2, 0.25) is 0 Å². The lowest BCUT2D eigenvalue weighted by molar-refractivity contribution is -0.123. The molecular weight excluding hydrogens is 413 g/mol. The first kappa shape index (κ1) is 22.0. The molecule has 0 heterocycles. The highest BCUT2D eigenvalue weighted by Crippen LogP contribution is 2.31. The molecule has 11 heteroatoms. The molecule has 0 bridgehead atoms. The molecule has 29 heavy (non-hydrogen) atoms. The van der Waals surface area contributed by atoms with Crippen LogP contribution in [0.15, 0.2) is 47.4 Å². The van der Waals surface area contributed by atoms with Gasteiger partial charge in [0.1, 0.15) is 11.4 Å². The van der Waals surface area contributed by atoms with Gasteiger partial charge in [0.25, 0.3) is 5.91 Å². The van der Waals surface area contributed by atoms with E-state index in [0.29, 0.717) is 0 Å². The highest BCUT2D eigenvalue weighted by atomic mass is 32.2. The third-order valence-corrected chi connectivity index (χ3v) is 4.68. The van der Waals surface area contributed by atoms with E-state index in [9.17, 15) is 26.4 Å². The number of amides is 1. The number of halogens is 3. The molecule has 0 fully saturated rings. The summed E-state index contributed by atoms with van der Waals surface area (Å²) in [7, 11) is -4.33. The van der Waals surface area contributed by atoms with Gasteiger partial charge in [-0.15, -0.1) is 0 Å². The first-order valence-electron chi connectivity index (χ1n) is 8.12. The Bertz CT molecular complexity index is 1030. The number of rotatable bonds is 7. The number of nitrogens with one attached hydrogen (secondary N) is 1. The van der Waals surface area contributed by atoms with Gasteiger partial charge in [-0.1, -0.05) is 0 Å². The van der Waals surface area contributed by atoms with Crippen molar-refractivity contribution in [1.29, 1.82) is 5.26 Å². The van der Waals surface area contributed by atoms with Crippen molar-refractivity contribution in [3.8, 4) is 17.6 Å². The van der Waals surface area contributed by atoms with E-state index in [1.807, 2.05) is 6.07 Å². The second-order valence-electron chi connectivity index (χ2n) is 5.57. The molecule has 0 atom stereocenters. The van der Waals surface area contributed by atoms with Gasteiger partial charge in [0.05, 0.1) is 18.2 Å². The molecule has 0 aliphatic heterocycles. The number of alkyl halides is 3. The van der Waals surface area contributed by atoms with E-state index >= 15 is 0 Å². The molecule has 0 aliphatic carbocycles. The normalized spacial score (nSPS) is 11.4. The second-order valence-corrected chi connectivity index (χ2v) is 7.11. The summed E-state index contributed by atoms with van der Waals surface area (Å²) in [5, 5.41) is 10.6. The zero-order chi connectivity index (χ0) is 21.7. The molecule has 7 nitrogen and oxygen atoms in total. The van der Waals surface area contributed by atoms with Crippen LogP contribution in [0.25, 0.3) is 0 Å². The van der Waals surface area contributed by atoms with Crippen molar-refractivity contribution in [2.24, 2.45) is 0 Å². The van der Waals surface area contributed by atoms with Crippen molar-refractivity contribution in [2.45, 2.75) is 18.0 Å². The summed E-state index contributed by atoms with van der Waals surface area (Å²) < 4.78 is 71.7. The fourth-order valence-corrected chi connectivity index (χ4v) is 3.08. The van der Waals surface area contributed by atoms with Gasteiger partial charge in [0.2, 0.25) is 0 Å². The topological polar surface area (TPSA) is 105 Å². The number of nitrogens with zero attached hydrogens (tertiary/aromatic N) is 1. The predicted molar refractivity (Wildman–Crippen MR) is 95.0 cm³/mol. The Morgan fingerprint density at radius 1 is 1.14 bits per heavy atom. The van der Waals surface area contributed by atoms with Gasteiger partial charge >= 0.3 is 16.3 Å². The molecule has 0 unspecified atom stereocenters. The molecule has 0 spiro atoms. The summed E-state index contributed by atoms with van der Waals surface area (Å²) in [5.41, 5.74) is 0.0917. The van der Waals surface area contributed by atoms with Gasteiger partial charge < -0.3 is 14.2 Å². The number of ether oxygens (including phenoxy) is 1. The minimum Gasteiger partial charge on any atom is -0.490 e. The minimum absolute atomic E-state index is 0.0540. The zero-order valence-corrected chi connectivity index (χ0v) is 15.8. The number of carbonyl (C=O) groups excluding carboxylic acids is 1. The van der Waals surface area contributed by atoms with Gasteiger partial charge in [0, 0.05) is 11.6 Å². The lowest BCUT2D eigenvalue weighted by atomic mass is 10.2. The Hall–Kier alpha value is -3.26. The number of nitriles is 1. The van der Waals surface area contributed by atoms with Crippen LogP contribution in [0.1, 0.15) is 22.8 Å². The van der Waals surface area contributed by atoms with E-state index in [4.69, 9.17) is 14.2 Å². The lowest BCUT2D eigenvalue weighted by Gasteiger charge is -2.12. The predicted octanol–water partition coefficient (Wildman–Crippen LogP) is 3.02. The van der Waals surface area contributed by atoms with Crippen molar-refractivity contribution >= 4 is 16.0 Å². The summed E-state index contributed by atoms with van der Waals surface area (Å²) in [6.07, 6.45) is -4.56. The van der Waals surface area contributed by atoms with Crippen LogP contribution in [0, 0.1) is 11.3 Å². The molecule has 0 saturated carbocycles. The average Bonchev–Trinajstić information content (AvgIpc) is 2.67. The second kappa shape index (κ2) is 8.83. The Labute approximate surface area is 164 Å². The van der Waals surface area contributed by atoms with Crippen LogP contribution >= 0.6 is 0 Å². The number of carbonyl (C=O) groups is 1. The smallest absolute Gasteiger partial charge is 0.405 e. The Morgan fingerprint density at radius 2 is 1.79 bits per heavy atom. The zero-order valence-electron chi connectivity index (χ0n) is 15.0. The van der Waals surface area contributed by atoms with Crippen LogP contribution in [0.5, 0.6) is 11.5 Å². The van der Waals surface area contributed by atoms with Gasteiger partial charge in [-0.2, -0.15) is 26.9 Å². The highest BCUT2D eigenvalue weighted by molar-refractivity contribution is 7.87. The van der Waals surface area contributed by atoms with Crippen LogP contribution in [-0.4, -0.2) is 33.7 Å². The van der Waals surface area contributed by atoms with Crippen molar-refractivity contribution < 1.29 is 35.3 Å². The molecule has 2 rings (SSSR count). The molecule has 2 aromatic rings. The average molecular weight is 428 g/mol. The van der Waals surface area contributed by atoms with Crippen molar-refractivity contribution in [3.05, 3.63) is 53.6 Å². The molecular formula is C18H15F3N2O5S. The third kappa shape index (κ3) is 6.11. The largest absolute Gasteiger partial charge is 0.490 e. The van der Waals surface area contributed by atoms with Gasteiger partial charge in [-0.25, -0.2) is 0 Å². The van der Waals surface area contributed by atoms with E-state index in [0.717, 1.165) is 24.3 Å². The Balaban J connectivity index is 2.20. The Morgan fingerprint density at radius 3 is 2.34 bits per heavy atom. The van der Waals surface area contributed by atoms with E-state index < -0.39 is 28.7 Å². The number of benzene rings is 2. The quantitative estimate of drug-likeness (QED) is 0.680. The fourth-order valence-electron chi connectivity index (χ4n) is 2.14. The van der Waals surface area contributed by atoms with E-state index in [-0.39, 0.29) is 34.1 Å². The lowest BCUT2D eigenvalue weighted by Crippen LogP contribution is -2.33. The van der Waals surface area contributed by atoms with Crippen molar-refractivity contribution in [1.82, 2.24) is 5.32 Å². The number of hydrogen-bond donors (Lipinski definition) is 1. The first-order chi connectivity index (χ1) is 13.6. The molecule has 1 N–H and O–H groups in total.